The van der Waals surface area contributed by atoms with Crippen molar-refractivity contribution in [2.45, 2.75) is 6.92 Å². The number of rotatable bonds is 2. The maximum absolute atomic E-state index is 10.8. The predicted octanol–water partition coefficient (Wildman–Crippen LogP) is 1.75. The van der Waals surface area contributed by atoms with Gasteiger partial charge in [0.15, 0.2) is 5.69 Å². The molecule has 0 bridgehead atoms. The van der Waals surface area contributed by atoms with Crippen LogP contribution in [0.4, 0.5) is 0 Å². The molecular formula is C11H10N2O2. The molecular weight excluding hydrogens is 192 g/mol. The number of primary amides is 1. The number of carbonyl (C=O) groups is 1. The third-order valence-electron chi connectivity index (χ3n) is 2.02. The molecule has 15 heavy (non-hydrogen) atoms. The Morgan fingerprint density at radius 3 is 2.87 bits per heavy atom. The summed E-state index contributed by atoms with van der Waals surface area (Å²) in [5.41, 5.74) is 7.16. The van der Waals surface area contributed by atoms with E-state index < -0.39 is 5.91 Å². The minimum atomic E-state index is -0.586. The van der Waals surface area contributed by atoms with Gasteiger partial charge in [-0.25, -0.2) is 4.98 Å². The van der Waals surface area contributed by atoms with Crippen molar-refractivity contribution in [3.05, 3.63) is 41.8 Å². The van der Waals surface area contributed by atoms with E-state index in [2.05, 4.69) is 4.98 Å². The van der Waals surface area contributed by atoms with E-state index in [-0.39, 0.29) is 5.69 Å². The van der Waals surface area contributed by atoms with Gasteiger partial charge in [-0.2, -0.15) is 0 Å². The third-order valence-corrected chi connectivity index (χ3v) is 2.02. The van der Waals surface area contributed by atoms with Gasteiger partial charge in [-0.05, 0) is 19.1 Å². The van der Waals surface area contributed by atoms with Crippen LogP contribution in [-0.4, -0.2) is 10.9 Å². The molecule has 0 saturated heterocycles. The molecule has 0 aliphatic heterocycles. The monoisotopic (exact) mass is 202 g/mol. The molecule has 1 heterocycles. The van der Waals surface area contributed by atoms with E-state index in [1.807, 2.05) is 31.2 Å². The lowest BCUT2D eigenvalue weighted by Crippen LogP contribution is -2.10. The Morgan fingerprint density at radius 1 is 1.47 bits per heavy atom. The highest BCUT2D eigenvalue weighted by molar-refractivity contribution is 5.90. The average molecular weight is 202 g/mol. The van der Waals surface area contributed by atoms with Gasteiger partial charge >= 0.3 is 0 Å². The van der Waals surface area contributed by atoms with Gasteiger partial charge in [0, 0.05) is 5.56 Å². The number of nitrogens with zero attached hydrogens (tertiary/aromatic N) is 1. The molecule has 1 aromatic carbocycles. The molecule has 0 fully saturated rings. The third kappa shape index (κ3) is 1.88. The summed E-state index contributed by atoms with van der Waals surface area (Å²) in [6, 6.07) is 7.67. The van der Waals surface area contributed by atoms with Gasteiger partial charge in [-0.1, -0.05) is 17.7 Å². The van der Waals surface area contributed by atoms with Crippen molar-refractivity contribution in [2.24, 2.45) is 5.73 Å². The van der Waals surface area contributed by atoms with E-state index in [1.54, 1.807) is 0 Å². The fraction of sp³-hybridized carbons (Fsp3) is 0.0909. The zero-order valence-corrected chi connectivity index (χ0v) is 8.23. The molecule has 0 aliphatic rings. The molecule has 0 spiro atoms. The van der Waals surface area contributed by atoms with Gasteiger partial charge in [0.05, 0.1) is 0 Å². The standard InChI is InChI=1S/C11H10N2O2/c1-7-3-2-4-8(5-7)11-13-9(6-15-11)10(12)14/h2-6H,1H3,(H2,12,14). The summed E-state index contributed by atoms with van der Waals surface area (Å²) >= 11 is 0. The molecule has 0 atom stereocenters. The lowest BCUT2D eigenvalue weighted by atomic mass is 10.1. The van der Waals surface area contributed by atoms with E-state index in [4.69, 9.17) is 10.2 Å². The van der Waals surface area contributed by atoms with Crippen LogP contribution in [-0.2, 0) is 0 Å². The fourth-order valence-corrected chi connectivity index (χ4v) is 1.30. The Hall–Kier alpha value is -2.10. The van der Waals surface area contributed by atoms with Crippen LogP contribution in [0.2, 0.25) is 0 Å². The van der Waals surface area contributed by atoms with E-state index in [0.29, 0.717) is 5.89 Å². The van der Waals surface area contributed by atoms with Crippen LogP contribution in [0.1, 0.15) is 16.1 Å². The summed E-state index contributed by atoms with van der Waals surface area (Å²) in [6.45, 7) is 1.97. The lowest BCUT2D eigenvalue weighted by Gasteiger charge is -1.95. The summed E-state index contributed by atoms with van der Waals surface area (Å²) in [5.74, 6) is -0.176. The summed E-state index contributed by atoms with van der Waals surface area (Å²) in [5, 5.41) is 0. The maximum Gasteiger partial charge on any atom is 0.270 e. The molecule has 0 radical (unpaired) electrons. The van der Waals surface area contributed by atoms with E-state index in [1.165, 1.54) is 6.26 Å². The topological polar surface area (TPSA) is 69.1 Å². The van der Waals surface area contributed by atoms with Crippen molar-refractivity contribution in [1.82, 2.24) is 4.98 Å². The lowest BCUT2D eigenvalue weighted by molar-refractivity contribution is 0.0995. The molecule has 0 saturated carbocycles. The van der Waals surface area contributed by atoms with Crippen molar-refractivity contribution in [3.63, 3.8) is 0 Å². The van der Waals surface area contributed by atoms with Gasteiger partial charge < -0.3 is 10.2 Å². The molecule has 1 aromatic heterocycles. The van der Waals surface area contributed by atoms with Crippen molar-refractivity contribution in [1.29, 1.82) is 0 Å². The highest BCUT2D eigenvalue weighted by Gasteiger charge is 2.09. The second kappa shape index (κ2) is 3.57. The molecule has 2 rings (SSSR count). The first-order chi connectivity index (χ1) is 7.16. The Bertz CT molecular complexity index is 503. The minimum Gasteiger partial charge on any atom is -0.444 e. The Balaban J connectivity index is 2.41. The Labute approximate surface area is 86.7 Å². The second-order valence-corrected chi connectivity index (χ2v) is 3.27. The number of oxazole rings is 1. The first kappa shape index (κ1) is 9.45. The molecule has 1 amide bonds. The predicted molar refractivity (Wildman–Crippen MR) is 55.2 cm³/mol. The van der Waals surface area contributed by atoms with E-state index >= 15 is 0 Å². The van der Waals surface area contributed by atoms with Gasteiger partial charge in [0.1, 0.15) is 6.26 Å². The molecule has 4 nitrogen and oxygen atoms in total. The van der Waals surface area contributed by atoms with Crippen LogP contribution < -0.4 is 5.73 Å². The number of benzene rings is 1. The smallest absolute Gasteiger partial charge is 0.270 e. The van der Waals surface area contributed by atoms with Crippen LogP contribution in [0.15, 0.2) is 34.9 Å². The van der Waals surface area contributed by atoms with Gasteiger partial charge in [0.2, 0.25) is 5.89 Å². The summed E-state index contributed by atoms with van der Waals surface area (Å²) in [7, 11) is 0. The molecule has 0 aliphatic carbocycles. The second-order valence-electron chi connectivity index (χ2n) is 3.27. The van der Waals surface area contributed by atoms with E-state index in [9.17, 15) is 4.79 Å². The van der Waals surface area contributed by atoms with Crippen LogP contribution in [0, 0.1) is 6.92 Å². The zero-order chi connectivity index (χ0) is 10.8. The molecule has 76 valence electrons. The Kier molecular flexibility index (Phi) is 2.25. The van der Waals surface area contributed by atoms with E-state index in [0.717, 1.165) is 11.1 Å². The molecule has 2 N–H and O–H groups in total. The van der Waals surface area contributed by atoms with Crippen LogP contribution >= 0.6 is 0 Å². The van der Waals surface area contributed by atoms with Crippen molar-refractivity contribution in [2.75, 3.05) is 0 Å². The van der Waals surface area contributed by atoms with Crippen molar-refractivity contribution < 1.29 is 9.21 Å². The number of nitrogens with two attached hydrogens (primary N) is 1. The first-order valence-electron chi connectivity index (χ1n) is 4.49. The van der Waals surface area contributed by atoms with Crippen LogP contribution in [0.5, 0.6) is 0 Å². The number of aryl methyl sites for hydroxylation is 1. The Morgan fingerprint density at radius 2 is 2.27 bits per heavy atom. The fourth-order valence-electron chi connectivity index (χ4n) is 1.30. The number of aromatic nitrogens is 1. The minimum absolute atomic E-state index is 0.145. The van der Waals surface area contributed by atoms with Gasteiger partial charge in [-0.15, -0.1) is 0 Å². The molecule has 0 unspecified atom stereocenters. The molecule has 4 heteroatoms. The van der Waals surface area contributed by atoms with Gasteiger partial charge in [0.25, 0.3) is 5.91 Å². The summed E-state index contributed by atoms with van der Waals surface area (Å²) in [4.78, 5) is 14.8. The van der Waals surface area contributed by atoms with Crippen molar-refractivity contribution >= 4 is 5.91 Å². The number of carbonyl (C=O) groups excluding carboxylic acids is 1. The largest absolute Gasteiger partial charge is 0.444 e. The normalized spacial score (nSPS) is 10.2. The quantitative estimate of drug-likeness (QED) is 0.806. The highest BCUT2D eigenvalue weighted by Crippen LogP contribution is 2.19. The van der Waals surface area contributed by atoms with Crippen LogP contribution in [0.25, 0.3) is 11.5 Å². The first-order valence-corrected chi connectivity index (χ1v) is 4.49. The zero-order valence-electron chi connectivity index (χ0n) is 8.23. The number of amides is 1. The maximum atomic E-state index is 10.8. The van der Waals surface area contributed by atoms with Crippen molar-refractivity contribution in [3.8, 4) is 11.5 Å². The summed E-state index contributed by atoms with van der Waals surface area (Å²) < 4.78 is 5.16. The average Bonchev–Trinajstić information content (AvgIpc) is 2.66. The number of hydrogen-bond acceptors (Lipinski definition) is 3. The van der Waals surface area contributed by atoms with Crippen LogP contribution in [0.3, 0.4) is 0 Å². The summed E-state index contributed by atoms with van der Waals surface area (Å²) in [6.07, 6.45) is 1.26. The molecule has 2 aromatic rings. The SMILES string of the molecule is Cc1cccc(-c2nc(C(N)=O)co2)c1. The number of hydrogen-bond donors (Lipinski definition) is 1. The van der Waals surface area contributed by atoms with Gasteiger partial charge in [-0.3, -0.25) is 4.79 Å². The highest BCUT2D eigenvalue weighted by atomic mass is 16.3.